The summed E-state index contributed by atoms with van der Waals surface area (Å²) in [5.41, 5.74) is 1.87. The Balaban J connectivity index is 1.68. The third kappa shape index (κ3) is 2.98. The number of benzene rings is 2. The van der Waals surface area contributed by atoms with Crippen molar-refractivity contribution in [1.29, 1.82) is 0 Å². The Hall–Kier alpha value is -3.65. The van der Waals surface area contributed by atoms with E-state index in [1.807, 2.05) is 24.3 Å². The number of phenols is 1. The average Bonchev–Trinajstić information content (AvgIpc) is 3.38. The largest absolute Gasteiger partial charge is 0.506 e. The van der Waals surface area contributed by atoms with E-state index >= 15 is 0 Å². The highest BCUT2D eigenvalue weighted by molar-refractivity contribution is 7.25. The minimum atomic E-state index is -0.171. The molecule has 1 saturated carbocycles. The Labute approximate surface area is 186 Å². The molecule has 8 heteroatoms. The lowest BCUT2D eigenvalue weighted by Gasteiger charge is -2.15. The van der Waals surface area contributed by atoms with Gasteiger partial charge in [-0.25, -0.2) is 9.97 Å². The van der Waals surface area contributed by atoms with E-state index in [1.54, 1.807) is 30.0 Å². The van der Waals surface area contributed by atoms with Crippen molar-refractivity contribution in [3.05, 3.63) is 70.7 Å². The monoisotopic (exact) mass is 445 g/mol. The molecule has 0 radical (unpaired) electrons. The van der Waals surface area contributed by atoms with Gasteiger partial charge in [0.25, 0.3) is 5.56 Å². The first-order valence-corrected chi connectivity index (χ1v) is 11.2. The van der Waals surface area contributed by atoms with E-state index in [4.69, 9.17) is 14.1 Å². The summed E-state index contributed by atoms with van der Waals surface area (Å²) >= 11 is 1.33. The molecule has 5 aromatic rings. The fraction of sp³-hybridized carbons (Fsp3) is 0.208. The summed E-state index contributed by atoms with van der Waals surface area (Å²) < 4.78 is 13.2. The summed E-state index contributed by atoms with van der Waals surface area (Å²) in [5.74, 6) is 2.51. The summed E-state index contributed by atoms with van der Waals surface area (Å²) in [6.07, 6.45) is 5.16. The molecule has 1 aliphatic carbocycles. The first kappa shape index (κ1) is 19.1. The van der Waals surface area contributed by atoms with Crippen LogP contribution < -0.4 is 10.3 Å². The molecule has 0 atom stereocenters. The average molecular weight is 446 g/mol. The molecule has 3 aromatic heterocycles. The molecule has 2 aromatic carbocycles. The maximum atomic E-state index is 13.8. The summed E-state index contributed by atoms with van der Waals surface area (Å²) in [4.78, 5) is 23.4. The van der Waals surface area contributed by atoms with Gasteiger partial charge in [-0.3, -0.25) is 9.36 Å². The zero-order valence-corrected chi connectivity index (χ0v) is 18.1. The van der Waals surface area contributed by atoms with E-state index in [0.29, 0.717) is 37.8 Å². The Kier molecular flexibility index (Phi) is 4.29. The van der Waals surface area contributed by atoms with Gasteiger partial charge in [-0.1, -0.05) is 12.1 Å². The summed E-state index contributed by atoms with van der Waals surface area (Å²) in [5, 5.41) is 11.6. The van der Waals surface area contributed by atoms with Crippen molar-refractivity contribution in [3.8, 4) is 22.9 Å². The SMILES string of the molecule is COc1ccc(-c2nc3sc4c(O)cccc4c3c(=O)n2Cc2cnco2)c(C2CC2)c1. The Morgan fingerprint density at radius 2 is 2.16 bits per heavy atom. The number of phenolic OH excluding ortho intramolecular Hbond substituents is 1. The molecule has 0 aliphatic heterocycles. The highest BCUT2D eigenvalue weighted by Crippen LogP contribution is 2.46. The fourth-order valence-electron chi connectivity index (χ4n) is 4.20. The Morgan fingerprint density at radius 1 is 1.28 bits per heavy atom. The third-order valence-corrected chi connectivity index (χ3v) is 7.03. The molecule has 160 valence electrons. The van der Waals surface area contributed by atoms with Crippen molar-refractivity contribution in [2.75, 3.05) is 7.11 Å². The second-order valence-corrected chi connectivity index (χ2v) is 8.96. The standard InChI is InChI=1S/C24H19N3O4S/c1-30-14-7-8-16(18(9-14)13-5-6-13)22-26-23-20(17-3-2-4-19(28)21(17)32-23)24(29)27(22)11-15-10-25-12-31-15/h2-4,7-10,12-13,28H,5-6,11H2,1H3. The molecule has 0 unspecified atom stereocenters. The van der Waals surface area contributed by atoms with E-state index in [2.05, 4.69) is 4.98 Å². The molecule has 1 aliphatic rings. The van der Waals surface area contributed by atoms with Gasteiger partial charge in [0.05, 0.1) is 29.9 Å². The molecule has 0 saturated heterocycles. The fourth-order valence-corrected chi connectivity index (χ4v) is 5.27. The van der Waals surface area contributed by atoms with Crippen molar-refractivity contribution in [3.63, 3.8) is 0 Å². The van der Waals surface area contributed by atoms with Gasteiger partial charge in [0, 0.05) is 10.9 Å². The number of methoxy groups -OCH3 is 1. The summed E-state index contributed by atoms with van der Waals surface area (Å²) in [6.45, 7) is 0.212. The highest BCUT2D eigenvalue weighted by Gasteiger charge is 2.29. The van der Waals surface area contributed by atoms with Crippen molar-refractivity contribution in [2.45, 2.75) is 25.3 Å². The van der Waals surface area contributed by atoms with Crippen LogP contribution in [-0.2, 0) is 6.54 Å². The van der Waals surface area contributed by atoms with Crippen molar-refractivity contribution < 1.29 is 14.3 Å². The van der Waals surface area contributed by atoms with Gasteiger partial charge in [0.2, 0.25) is 0 Å². The second-order valence-electron chi connectivity index (χ2n) is 7.96. The molecule has 6 rings (SSSR count). The van der Waals surface area contributed by atoms with Gasteiger partial charge in [-0.15, -0.1) is 11.3 Å². The van der Waals surface area contributed by atoms with Crippen LogP contribution in [-0.4, -0.2) is 26.8 Å². The number of oxazole rings is 1. The molecule has 1 N–H and O–H groups in total. The van der Waals surface area contributed by atoms with Gasteiger partial charge >= 0.3 is 0 Å². The van der Waals surface area contributed by atoms with Crippen LogP contribution in [0.5, 0.6) is 11.5 Å². The lowest BCUT2D eigenvalue weighted by atomic mass is 10.0. The zero-order chi connectivity index (χ0) is 21.8. The van der Waals surface area contributed by atoms with Crippen LogP contribution in [0, 0.1) is 0 Å². The zero-order valence-electron chi connectivity index (χ0n) is 17.2. The minimum absolute atomic E-state index is 0.149. The van der Waals surface area contributed by atoms with E-state index < -0.39 is 0 Å². The number of ether oxygens (including phenoxy) is 1. The topological polar surface area (TPSA) is 90.4 Å². The van der Waals surface area contributed by atoms with Crippen molar-refractivity contribution in [2.24, 2.45) is 0 Å². The molecule has 1 fully saturated rings. The van der Waals surface area contributed by atoms with Gasteiger partial charge in [-0.2, -0.15) is 0 Å². The maximum Gasteiger partial charge on any atom is 0.263 e. The summed E-state index contributed by atoms with van der Waals surface area (Å²) in [6, 6.07) is 11.1. The molecular formula is C24H19N3O4S. The van der Waals surface area contributed by atoms with E-state index in [0.717, 1.165) is 29.7 Å². The highest BCUT2D eigenvalue weighted by atomic mass is 32.1. The molecule has 3 heterocycles. The number of aromatic hydroxyl groups is 1. The van der Waals surface area contributed by atoms with Gasteiger partial charge < -0.3 is 14.3 Å². The van der Waals surface area contributed by atoms with Crippen molar-refractivity contribution >= 4 is 31.6 Å². The Morgan fingerprint density at radius 3 is 2.91 bits per heavy atom. The number of nitrogens with zero attached hydrogens (tertiary/aromatic N) is 3. The van der Waals surface area contributed by atoms with Crippen LogP contribution >= 0.6 is 11.3 Å². The number of hydrogen-bond acceptors (Lipinski definition) is 7. The predicted octanol–water partition coefficient (Wildman–Crippen LogP) is 4.91. The van der Waals surface area contributed by atoms with Crippen LogP contribution in [0.4, 0.5) is 0 Å². The van der Waals surface area contributed by atoms with Gasteiger partial charge in [0.15, 0.2) is 6.39 Å². The number of hydrogen-bond donors (Lipinski definition) is 1. The number of fused-ring (bicyclic) bond motifs is 3. The molecule has 0 amide bonds. The summed E-state index contributed by atoms with van der Waals surface area (Å²) in [7, 11) is 1.65. The normalized spacial score (nSPS) is 13.8. The van der Waals surface area contributed by atoms with E-state index in [1.165, 1.54) is 17.7 Å². The minimum Gasteiger partial charge on any atom is -0.506 e. The van der Waals surface area contributed by atoms with Crippen LogP contribution in [0.2, 0.25) is 0 Å². The number of thiophene rings is 1. The number of aromatic nitrogens is 3. The third-order valence-electron chi connectivity index (χ3n) is 5.91. The first-order chi connectivity index (χ1) is 15.6. The van der Waals surface area contributed by atoms with Crippen molar-refractivity contribution in [1.82, 2.24) is 14.5 Å². The predicted molar refractivity (Wildman–Crippen MR) is 123 cm³/mol. The van der Waals surface area contributed by atoms with Crippen LogP contribution in [0.25, 0.3) is 31.7 Å². The van der Waals surface area contributed by atoms with Crippen LogP contribution in [0.15, 0.2) is 58.2 Å². The molecule has 0 bridgehead atoms. The maximum absolute atomic E-state index is 13.8. The van der Waals surface area contributed by atoms with E-state index in [9.17, 15) is 9.90 Å². The smallest absolute Gasteiger partial charge is 0.263 e. The molecule has 32 heavy (non-hydrogen) atoms. The second kappa shape index (κ2) is 7.20. The Bertz CT molecular complexity index is 1530. The van der Waals surface area contributed by atoms with E-state index in [-0.39, 0.29) is 17.9 Å². The van der Waals surface area contributed by atoms with Crippen LogP contribution in [0.1, 0.15) is 30.1 Å². The quantitative estimate of drug-likeness (QED) is 0.414. The van der Waals surface area contributed by atoms with Gasteiger partial charge in [0.1, 0.15) is 27.9 Å². The lowest BCUT2D eigenvalue weighted by molar-refractivity contribution is 0.414. The lowest BCUT2D eigenvalue weighted by Crippen LogP contribution is -2.24. The molecule has 7 nitrogen and oxygen atoms in total. The first-order valence-electron chi connectivity index (χ1n) is 10.3. The number of rotatable bonds is 5. The molecule has 0 spiro atoms. The van der Waals surface area contributed by atoms with Gasteiger partial charge in [-0.05, 0) is 48.6 Å². The molecular weight excluding hydrogens is 426 g/mol. The van der Waals surface area contributed by atoms with Crippen LogP contribution in [0.3, 0.4) is 0 Å².